The van der Waals surface area contributed by atoms with E-state index < -0.39 is 5.25 Å². The van der Waals surface area contributed by atoms with Gasteiger partial charge in [0.15, 0.2) is 5.17 Å². The van der Waals surface area contributed by atoms with Gasteiger partial charge in [-0.3, -0.25) is 14.6 Å². The molecule has 0 spiro atoms. The quantitative estimate of drug-likeness (QED) is 0.532. The molecule has 1 aliphatic heterocycles. The number of anilines is 1. The van der Waals surface area contributed by atoms with Crippen LogP contribution < -0.4 is 5.32 Å². The van der Waals surface area contributed by atoms with Crippen molar-refractivity contribution in [2.45, 2.75) is 25.5 Å². The molecule has 3 rings (SSSR count). The molecule has 0 bridgehead atoms. The molecule has 1 aromatic heterocycles. The van der Waals surface area contributed by atoms with Gasteiger partial charge in [0.1, 0.15) is 5.25 Å². The molecule has 2 heterocycles. The molecule has 150 valence electrons. The molecule has 1 unspecified atom stereocenters. The van der Waals surface area contributed by atoms with Crippen molar-refractivity contribution in [3.05, 3.63) is 64.4 Å². The summed E-state index contributed by atoms with van der Waals surface area (Å²) >= 11 is 2.78. The minimum Gasteiger partial charge on any atom is -0.326 e. The number of aliphatic imine (C=N–C) groups is 1. The van der Waals surface area contributed by atoms with E-state index in [0.717, 1.165) is 21.7 Å². The SMILES string of the molecule is C=CCN=C1SC(CC(=O)Nc2ccc(C)cc2C)C(=O)N1N=Cc1cccs1. The van der Waals surface area contributed by atoms with Crippen molar-refractivity contribution in [3.63, 3.8) is 0 Å². The number of rotatable bonds is 7. The third-order valence-corrected chi connectivity index (χ3v) is 6.11. The molecule has 29 heavy (non-hydrogen) atoms. The number of amides is 2. The summed E-state index contributed by atoms with van der Waals surface area (Å²) in [5.74, 6) is -0.462. The Bertz CT molecular complexity index is 967. The predicted molar refractivity (Wildman–Crippen MR) is 122 cm³/mol. The minimum atomic E-state index is -0.565. The van der Waals surface area contributed by atoms with E-state index in [9.17, 15) is 9.59 Å². The Kier molecular flexibility index (Phi) is 7.00. The minimum absolute atomic E-state index is 0.0505. The Hall–Kier alpha value is -2.71. The number of carbonyl (C=O) groups excluding carboxylic acids is 2. The molecule has 1 aliphatic rings. The Labute approximate surface area is 178 Å². The second-order valence-electron chi connectivity index (χ2n) is 6.50. The number of hydrogen-bond donors (Lipinski definition) is 1. The van der Waals surface area contributed by atoms with Crippen LogP contribution in [-0.2, 0) is 9.59 Å². The van der Waals surface area contributed by atoms with Gasteiger partial charge in [0.05, 0.1) is 12.8 Å². The summed E-state index contributed by atoms with van der Waals surface area (Å²) in [4.78, 5) is 30.7. The van der Waals surface area contributed by atoms with Crippen LogP contribution in [0, 0.1) is 13.8 Å². The molecule has 1 aromatic carbocycles. The van der Waals surface area contributed by atoms with Gasteiger partial charge in [-0.05, 0) is 36.9 Å². The Morgan fingerprint density at radius 3 is 2.86 bits per heavy atom. The van der Waals surface area contributed by atoms with E-state index in [1.165, 1.54) is 28.1 Å². The normalized spacial score (nSPS) is 18.0. The second kappa shape index (κ2) is 9.67. The summed E-state index contributed by atoms with van der Waals surface area (Å²) in [5, 5.41) is 10.3. The van der Waals surface area contributed by atoms with Crippen LogP contribution in [0.4, 0.5) is 5.69 Å². The highest BCUT2D eigenvalue weighted by molar-refractivity contribution is 8.15. The molecule has 2 aromatic rings. The summed E-state index contributed by atoms with van der Waals surface area (Å²) in [5.41, 5.74) is 2.87. The van der Waals surface area contributed by atoms with Crippen molar-refractivity contribution in [2.24, 2.45) is 10.1 Å². The first kappa shape index (κ1) is 21.0. The number of thioether (sulfide) groups is 1. The van der Waals surface area contributed by atoms with Gasteiger partial charge in [0, 0.05) is 17.0 Å². The monoisotopic (exact) mass is 426 g/mol. The number of thiophene rings is 1. The van der Waals surface area contributed by atoms with E-state index in [0.29, 0.717) is 11.7 Å². The first-order chi connectivity index (χ1) is 14.0. The van der Waals surface area contributed by atoms with Gasteiger partial charge in [-0.1, -0.05) is 41.6 Å². The van der Waals surface area contributed by atoms with Gasteiger partial charge in [-0.15, -0.1) is 17.9 Å². The fraction of sp³-hybridized carbons (Fsp3) is 0.238. The molecule has 1 saturated heterocycles. The van der Waals surface area contributed by atoms with Crippen molar-refractivity contribution in [3.8, 4) is 0 Å². The Morgan fingerprint density at radius 2 is 2.17 bits per heavy atom. The van der Waals surface area contributed by atoms with E-state index in [1.54, 1.807) is 12.3 Å². The molecule has 2 amide bonds. The summed E-state index contributed by atoms with van der Waals surface area (Å²) < 4.78 is 0. The smallest absolute Gasteiger partial charge is 0.263 e. The first-order valence-corrected chi connectivity index (χ1v) is 10.8. The number of nitrogens with zero attached hydrogens (tertiary/aromatic N) is 3. The van der Waals surface area contributed by atoms with Crippen LogP contribution in [0.1, 0.15) is 22.4 Å². The summed E-state index contributed by atoms with van der Waals surface area (Å²) in [7, 11) is 0. The van der Waals surface area contributed by atoms with E-state index >= 15 is 0 Å². The lowest BCUT2D eigenvalue weighted by atomic mass is 10.1. The predicted octanol–water partition coefficient (Wildman–Crippen LogP) is 4.21. The number of carbonyl (C=O) groups is 2. The van der Waals surface area contributed by atoms with Gasteiger partial charge >= 0.3 is 0 Å². The Balaban J connectivity index is 1.71. The maximum absolute atomic E-state index is 12.8. The summed E-state index contributed by atoms with van der Waals surface area (Å²) in [6, 6.07) is 9.66. The standard InChI is InChI=1S/C21H22N4O2S2/c1-4-9-22-21-25(23-13-16-6-5-10-28-16)20(27)18(29-21)12-19(26)24-17-8-7-14(2)11-15(17)3/h4-8,10-11,13,18H,1,9,12H2,2-3H3,(H,24,26). The highest BCUT2D eigenvalue weighted by Gasteiger charge is 2.39. The topological polar surface area (TPSA) is 74.1 Å². The second-order valence-corrected chi connectivity index (χ2v) is 8.65. The highest BCUT2D eigenvalue weighted by atomic mass is 32.2. The van der Waals surface area contributed by atoms with E-state index in [2.05, 4.69) is 22.0 Å². The fourth-order valence-electron chi connectivity index (χ4n) is 2.74. The summed E-state index contributed by atoms with van der Waals surface area (Å²) in [6.07, 6.45) is 3.33. The fourth-order valence-corrected chi connectivity index (χ4v) is 4.40. The zero-order valence-electron chi connectivity index (χ0n) is 16.3. The van der Waals surface area contributed by atoms with E-state index in [-0.39, 0.29) is 18.2 Å². The average Bonchev–Trinajstić information content (AvgIpc) is 3.29. The molecular formula is C21H22N4O2S2. The van der Waals surface area contributed by atoms with Crippen LogP contribution in [0.2, 0.25) is 0 Å². The lowest BCUT2D eigenvalue weighted by molar-refractivity contribution is -0.128. The number of hydrogen-bond acceptors (Lipinski definition) is 6. The zero-order valence-corrected chi connectivity index (χ0v) is 17.9. The molecule has 0 radical (unpaired) electrons. The third kappa shape index (κ3) is 5.42. The molecule has 0 saturated carbocycles. The van der Waals surface area contributed by atoms with Crippen molar-refractivity contribution < 1.29 is 9.59 Å². The van der Waals surface area contributed by atoms with Crippen molar-refractivity contribution in [2.75, 3.05) is 11.9 Å². The molecule has 1 N–H and O–H groups in total. The Morgan fingerprint density at radius 1 is 1.34 bits per heavy atom. The average molecular weight is 427 g/mol. The van der Waals surface area contributed by atoms with E-state index in [1.807, 2.05) is 49.6 Å². The molecule has 1 fully saturated rings. The van der Waals surface area contributed by atoms with Crippen LogP contribution in [0.25, 0.3) is 0 Å². The molecule has 8 heteroatoms. The van der Waals surface area contributed by atoms with Crippen LogP contribution in [0.3, 0.4) is 0 Å². The van der Waals surface area contributed by atoms with E-state index in [4.69, 9.17) is 0 Å². The lowest BCUT2D eigenvalue weighted by Gasteiger charge is -2.11. The van der Waals surface area contributed by atoms with Crippen molar-refractivity contribution >= 4 is 52.0 Å². The molecule has 1 atom stereocenters. The molecular weight excluding hydrogens is 404 g/mol. The molecule has 0 aliphatic carbocycles. The van der Waals surface area contributed by atoms with Gasteiger partial charge in [-0.25, -0.2) is 0 Å². The number of hydrazone groups is 1. The van der Waals surface area contributed by atoms with Crippen LogP contribution >= 0.6 is 23.1 Å². The van der Waals surface area contributed by atoms with Crippen LogP contribution in [0.5, 0.6) is 0 Å². The number of amidine groups is 1. The lowest BCUT2D eigenvalue weighted by Crippen LogP contribution is -2.30. The number of nitrogens with one attached hydrogen (secondary N) is 1. The van der Waals surface area contributed by atoms with Gasteiger partial charge in [0.2, 0.25) is 5.91 Å². The van der Waals surface area contributed by atoms with Gasteiger partial charge in [0.25, 0.3) is 5.91 Å². The van der Waals surface area contributed by atoms with Gasteiger partial charge < -0.3 is 5.32 Å². The third-order valence-electron chi connectivity index (χ3n) is 4.14. The number of aryl methyl sites for hydroxylation is 2. The molecule has 6 nitrogen and oxygen atoms in total. The summed E-state index contributed by atoms with van der Waals surface area (Å²) in [6.45, 7) is 7.98. The van der Waals surface area contributed by atoms with Crippen LogP contribution in [-0.4, -0.2) is 40.0 Å². The highest BCUT2D eigenvalue weighted by Crippen LogP contribution is 2.30. The number of benzene rings is 1. The van der Waals surface area contributed by atoms with Crippen molar-refractivity contribution in [1.82, 2.24) is 5.01 Å². The van der Waals surface area contributed by atoms with Crippen molar-refractivity contribution in [1.29, 1.82) is 0 Å². The zero-order chi connectivity index (χ0) is 20.8. The first-order valence-electron chi connectivity index (χ1n) is 9.08. The maximum atomic E-state index is 12.8. The largest absolute Gasteiger partial charge is 0.326 e. The van der Waals surface area contributed by atoms with Crippen LogP contribution in [0.15, 0.2) is 58.5 Å². The van der Waals surface area contributed by atoms with Gasteiger partial charge in [-0.2, -0.15) is 10.1 Å². The maximum Gasteiger partial charge on any atom is 0.263 e.